The zero-order chi connectivity index (χ0) is 14.3. The second kappa shape index (κ2) is 4.50. The van der Waals surface area contributed by atoms with Gasteiger partial charge in [-0.3, -0.25) is 9.59 Å². The van der Waals surface area contributed by atoms with E-state index in [1.54, 1.807) is 0 Å². The minimum absolute atomic E-state index is 0.113. The molecule has 0 atom stereocenters. The number of hydrogen-bond acceptors (Lipinski definition) is 3. The molecule has 1 N–H and O–H groups in total. The molecule has 3 aliphatic rings. The fourth-order valence-electron chi connectivity index (χ4n) is 3.24. The highest BCUT2D eigenvalue weighted by Gasteiger charge is 2.56. The molecule has 108 valence electrons. The van der Waals surface area contributed by atoms with E-state index in [-0.39, 0.29) is 5.97 Å². The lowest BCUT2D eigenvalue weighted by atomic mass is 9.53. The molecule has 4 heteroatoms. The van der Waals surface area contributed by atoms with E-state index < -0.39 is 22.4 Å². The first kappa shape index (κ1) is 14.4. The molecular weight excluding hydrogens is 244 g/mol. The molecule has 3 fully saturated rings. The zero-order valence-corrected chi connectivity index (χ0v) is 12.1. The van der Waals surface area contributed by atoms with Crippen molar-refractivity contribution in [1.29, 1.82) is 0 Å². The molecule has 0 heterocycles. The van der Waals surface area contributed by atoms with Crippen LogP contribution in [0.5, 0.6) is 0 Å². The third-order valence-corrected chi connectivity index (χ3v) is 5.35. The van der Waals surface area contributed by atoms with Crippen molar-refractivity contribution >= 4 is 11.9 Å². The normalized spacial score (nSPS) is 34.1. The Kier molecular flexibility index (Phi) is 3.40. The molecular formula is C15H24O4. The van der Waals surface area contributed by atoms with Gasteiger partial charge in [-0.1, -0.05) is 6.92 Å². The molecule has 3 saturated carbocycles. The highest BCUT2D eigenvalue weighted by atomic mass is 16.6. The minimum Gasteiger partial charge on any atom is -0.481 e. The van der Waals surface area contributed by atoms with Crippen molar-refractivity contribution in [3.8, 4) is 0 Å². The van der Waals surface area contributed by atoms with Crippen LogP contribution in [0.2, 0.25) is 0 Å². The number of esters is 1. The third-order valence-electron chi connectivity index (χ3n) is 5.35. The van der Waals surface area contributed by atoms with Crippen molar-refractivity contribution in [1.82, 2.24) is 0 Å². The van der Waals surface area contributed by atoms with Crippen molar-refractivity contribution in [2.75, 3.05) is 0 Å². The van der Waals surface area contributed by atoms with Crippen LogP contribution >= 0.6 is 0 Å². The SMILES string of the molecule is CCC(C)(C)OC(=O)C12CCC(C(=O)O)(CC1)CC2. The highest BCUT2D eigenvalue weighted by molar-refractivity contribution is 5.81. The molecule has 0 aliphatic heterocycles. The van der Waals surface area contributed by atoms with Crippen molar-refractivity contribution in [2.45, 2.75) is 71.3 Å². The summed E-state index contributed by atoms with van der Waals surface area (Å²) in [4.78, 5) is 23.8. The summed E-state index contributed by atoms with van der Waals surface area (Å²) in [5.41, 5.74) is -1.41. The van der Waals surface area contributed by atoms with Gasteiger partial charge in [0.15, 0.2) is 0 Å². The number of carboxylic acid groups (broad SMARTS) is 1. The lowest BCUT2D eigenvalue weighted by Gasteiger charge is -2.50. The average Bonchev–Trinajstić information content (AvgIpc) is 2.40. The lowest BCUT2D eigenvalue weighted by molar-refractivity contribution is -0.184. The van der Waals surface area contributed by atoms with E-state index in [4.69, 9.17) is 4.74 Å². The first-order chi connectivity index (χ1) is 8.75. The zero-order valence-electron chi connectivity index (χ0n) is 12.1. The number of carbonyl (C=O) groups is 2. The predicted molar refractivity (Wildman–Crippen MR) is 70.7 cm³/mol. The van der Waals surface area contributed by atoms with Crippen LogP contribution in [0.15, 0.2) is 0 Å². The predicted octanol–water partition coefficient (Wildman–Crippen LogP) is 3.14. The Bertz CT molecular complexity index is 372. The van der Waals surface area contributed by atoms with E-state index in [1.165, 1.54) is 0 Å². The first-order valence-electron chi connectivity index (χ1n) is 7.22. The number of carbonyl (C=O) groups excluding carboxylic acids is 1. The van der Waals surface area contributed by atoms with Gasteiger partial charge in [0.2, 0.25) is 0 Å². The van der Waals surface area contributed by atoms with Gasteiger partial charge in [-0.25, -0.2) is 0 Å². The molecule has 0 aromatic heterocycles. The van der Waals surface area contributed by atoms with Gasteiger partial charge < -0.3 is 9.84 Å². The van der Waals surface area contributed by atoms with Crippen LogP contribution in [0, 0.1) is 10.8 Å². The summed E-state index contributed by atoms with van der Waals surface area (Å²) in [5.74, 6) is -0.805. The molecule has 3 aliphatic carbocycles. The summed E-state index contributed by atoms with van der Waals surface area (Å²) < 4.78 is 5.65. The molecule has 2 bridgehead atoms. The Labute approximate surface area is 114 Å². The van der Waals surface area contributed by atoms with E-state index in [1.807, 2.05) is 20.8 Å². The van der Waals surface area contributed by atoms with E-state index in [9.17, 15) is 14.7 Å². The van der Waals surface area contributed by atoms with Crippen LogP contribution < -0.4 is 0 Å². The van der Waals surface area contributed by atoms with Crippen LogP contribution in [-0.4, -0.2) is 22.6 Å². The Morgan fingerprint density at radius 3 is 1.84 bits per heavy atom. The lowest BCUT2D eigenvalue weighted by Crippen LogP contribution is -2.50. The van der Waals surface area contributed by atoms with Gasteiger partial charge in [0, 0.05) is 0 Å². The van der Waals surface area contributed by atoms with Gasteiger partial charge in [0.25, 0.3) is 0 Å². The van der Waals surface area contributed by atoms with Crippen LogP contribution in [0.25, 0.3) is 0 Å². The minimum atomic E-state index is -0.692. The summed E-state index contributed by atoms with van der Waals surface area (Å²) >= 11 is 0. The Morgan fingerprint density at radius 1 is 1.05 bits per heavy atom. The molecule has 0 unspecified atom stereocenters. The summed E-state index contributed by atoms with van der Waals surface area (Å²) in [6.45, 7) is 5.85. The van der Waals surface area contributed by atoms with E-state index in [0.29, 0.717) is 38.5 Å². The van der Waals surface area contributed by atoms with Crippen LogP contribution in [0.1, 0.15) is 65.7 Å². The molecule has 0 spiro atoms. The Hall–Kier alpha value is -1.06. The van der Waals surface area contributed by atoms with Crippen LogP contribution in [0.3, 0.4) is 0 Å². The first-order valence-corrected chi connectivity index (χ1v) is 7.22. The van der Waals surface area contributed by atoms with Crippen molar-refractivity contribution in [3.63, 3.8) is 0 Å². The van der Waals surface area contributed by atoms with Crippen molar-refractivity contribution in [3.05, 3.63) is 0 Å². The maximum absolute atomic E-state index is 12.5. The van der Waals surface area contributed by atoms with E-state index in [0.717, 1.165) is 6.42 Å². The van der Waals surface area contributed by atoms with Crippen LogP contribution in [-0.2, 0) is 14.3 Å². The van der Waals surface area contributed by atoms with Gasteiger partial charge in [0.1, 0.15) is 5.60 Å². The van der Waals surface area contributed by atoms with Gasteiger partial charge >= 0.3 is 11.9 Å². The number of ether oxygens (including phenoxy) is 1. The van der Waals surface area contributed by atoms with Crippen molar-refractivity contribution < 1.29 is 19.4 Å². The van der Waals surface area contributed by atoms with E-state index >= 15 is 0 Å². The molecule has 3 rings (SSSR count). The number of hydrogen-bond donors (Lipinski definition) is 1. The molecule has 0 aromatic carbocycles. The van der Waals surface area contributed by atoms with Crippen LogP contribution in [0.4, 0.5) is 0 Å². The molecule has 4 nitrogen and oxygen atoms in total. The molecule has 0 radical (unpaired) electrons. The fourth-order valence-corrected chi connectivity index (χ4v) is 3.24. The largest absolute Gasteiger partial charge is 0.481 e. The highest BCUT2D eigenvalue weighted by Crippen LogP contribution is 2.57. The maximum atomic E-state index is 12.5. The second-order valence-corrected chi connectivity index (χ2v) is 6.87. The molecule has 0 amide bonds. The topological polar surface area (TPSA) is 63.6 Å². The van der Waals surface area contributed by atoms with Crippen molar-refractivity contribution in [2.24, 2.45) is 10.8 Å². The van der Waals surface area contributed by atoms with Gasteiger partial charge in [-0.2, -0.15) is 0 Å². The number of aliphatic carboxylic acids is 1. The molecule has 19 heavy (non-hydrogen) atoms. The Balaban J connectivity index is 2.08. The van der Waals surface area contributed by atoms with Gasteiger partial charge in [-0.15, -0.1) is 0 Å². The van der Waals surface area contributed by atoms with Gasteiger partial charge in [0.05, 0.1) is 10.8 Å². The number of rotatable bonds is 4. The third kappa shape index (κ3) is 2.37. The molecule has 0 saturated heterocycles. The number of carboxylic acids is 1. The summed E-state index contributed by atoms with van der Waals surface area (Å²) in [7, 11) is 0. The smallest absolute Gasteiger partial charge is 0.312 e. The summed E-state index contributed by atoms with van der Waals surface area (Å²) in [5, 5.41) is 9.34. The van der Waals surface area contributed by atoms with E-state index in [2.05, 4.69) is 0 Å². The summed E-state index contributed by atoms with van der Waals surface area (Å²) in [6, 6.07) is 0. The maximum Gasteiger partial charge on any atom is 0.312 e. The fraction of sp³-hybridized carbons (Fsp3) is 0.867. The second-order valence-electron chi connectivity index (χ2n) is 6.87. The average molecular weight is 268 g/mol. The monoisotopic (exact) mass is 268 g/mol. The molecule has 0 aromatic rings. The quantitative estimate of drug-likeness (QED) is 0.795. The summed E-state index contributed by atoms with van der Waals surface area (Å²) in [6.07, 6.45) is 4.62. The number of fused-ring (bicyclic) bond motifs is 3. The standard InChI is InChI=1S/C15H24O4/c1-4-13(2,3)19-12(18)15-8-5-14(6-9-15,7-10-15)11(16)17/h4-10H2,1-3H3,(H,16,17). The van der Waals surface area contributed by atoms with Gasteiger partial charge in [-0.05, 0) is 58.8 Å². The Morgan fingerprint density at radius 2 is 1.47 bits per heavy atom.